The fraction of sp³-hybridized carbons (Fsp3) is 0.364. The molecule has 4 heteroatoms. The fourth-order valence-electron chi connectivity index (χ4n) is 1.75. The molecule has 1 aliphatic rings. The molecule has 0 bridgehead atoms. The van der Waals surface area contributed by atoms with Crippen LogP contribution in [-0.4, -0.2) is 18.8 Å². The monoisotopic (exact) mass is 242 g/mol. The normalized spacial score (nSPS) is 14.9. The maximum absolute atomic E-state index is 6.00. The minimum atomic E-state index is 0.560. The van der Waals surface area contributed by atoms with Gasteiger partial charge < -0.3 is 4.90 Å². The molecule has 0 atom stereocenters. The van der Waals surface area contributed by atoms with E-state index in [1.807, 2.05) is 19.1 Å². The molecule has 0 saturated heterocycles. The van der Waals surface area contributed by atoms with Crippen LogP contribution in [0.5, 0.6) is 0 Å². The smallest absolute Gasteiger partial charge is 0.0879 e. The van der Waals surface area contributed by atoms with Crippen LogP contribution in [0.3, 0.4) is 0 Å². The van der Waals surface area contributed by atoms with Gasteiger partial charge in [-0.2, -0.15) is 0 Å². The van der Waals surface area contributed by atoms with E-state index in [1.54, 1.807) is 0 Å². The van der Waals surface area contributed by atoms with Gasteiger partial charge in [0.15, 0.2) is 0 Å². The highest BCUT2D eigenvalue weighted by atomic mass is 35.5. The highest BCUT2D eigenvalue weighted by Crippen LogP contribution is 2.38. The molecule has 0 saturated carbocycles. The van der Waals surface area contributed by atoms with Crippen molar-refractivity contribution in [2.75, 3.05) is 18.0 Å². The zero-order valence-corrected chi connectivity index (χ0v) is 10.2. The lowest BCUT2D eigenvalue weighted by Crippen LogP contribution is -2.30. The van der Waals surface area contributed by atoms with Crippen LogP contribution in [0, 0.1) is 0 Å². The van der Waals surface area contributed by atoms with Crippen LogP contribution in [0.2, 0.25) is 10.0 Å². The standard InChI is InChI=1S/C11H12Cl2N2/c1-3-15-6-7(2)14-10-4-8(12)9(13)5-11(10)15/h4-5H,3,6H2,1-2H3. The van der Waals surface area contributed by atoms with E-state index in [-0.39, 0.29) is 0 Å². The highest BCUT2D eigenvalue weighted by molar-refractivity contribution is 6.42. The average molecular weight is 243 g/mol. The Kier molecular flexibility index (Phi) is 2.89. The number of halogens is 2. The molecule has 0 radical (unpaired) electrons. The van der Waals surface area contributed by atoms with E-state index in [9.17, 15) is 0 Å². The summed E-state index contributed by atoms with van der Waals surface area (Å²) >= 11 is 12.0. The number of hydrogen-bond donors (Lipinski definition) is 0. The first-order chi connectivity index (χ1) is 7.11. The SMILES string of the molecule is CCN1CC(C)=Nc2cc(Cl)c(Cl)cc21. The Morgan fingerprint density at radius 3 is 2.67 bits per heavy atom. The van der Waals surface area contributed by atoms with Crippen molar-refractivity contribution < 1.29 is 0 Å². The molecule has 1 aromatic carbocycles. The number of fused-ring (bicyclic) bond motifs is 1. The molecule has 1 heterocycles. The van der Waals surface area contributed by atoms with Crippen molar-refractivity contribution in [3.05, 3.63) is 22.2 Å². The van der Waals surface area contributed by atoms with E-state index in [0.717, 1.165) is 30.2 Å². The van der Waals surface area contributed by atoms with Crippen LogP contribution in [0.15, 0.2) is 17.1 Å². The van der Waals surface area contributed by atoms with Crippen LogP contribution >= 0.6 is 23.2 Å². The van der Waals surface area contributed by atoms with Crippen molar-refractivity contribution in [3.8, 4) is 0 Å². The summed E-state index contributed by atoms with van der Waals surface area (Å²) in [5, 5.41) is 1.15. The van der Waals surface area contributed by atoms with E-state index >= 15 is 0 Å². The minimum Gasteiger partial charge on any atom is -0.364 e. The summed E-state index contributed by atoms with van der Waals surface area (Å²) in [6.07, 6.45) is 0. The maximum Gasteiger partial charge on any atom is 0.0879 e. The molecular weight excluding hydrogens is 231 g/mol. The number of hydrogen-bond acceptors (Lipinski definition) is 2. The average Bonchev–Trinajstić information content (AvgIpc) is 2.19. The van der Waals surface area contributed by atoms with Gasteiger partial charge in [0, 0.05) is 12.3 Å². The van der Waals surface area contributed by atoms with E-state index in [2.05, 4.69) is 16.8 Å². The van der Waals surface area contributed by atoms with Gasteiger partial charge in [-0.3, -0.25) is 4.99 Å². The first-order valence-corrected chi connectivity index (χ1v) is 5.65. The third-order valence-corrected chi connectivity index (χ3v) is 3.19. The van der Waals surface area contributed by atoms with Crippen LogP contribution < -0.4 is 4.90 Å². The van der Waals surface area contributed by atoms with Crippen molar-refractivity contribution in [3.63, 3.8) is 0 Å². The molecule has 2 rings (SSSR count). The van der Waals surface area contributed by atoms with Crippen LogP contribution in [0.4, 0.5) is 11.4 Å². The second-order valence-electron chi connectivity index (χ2n) is 3.62. The van der Waals surface area contributed by atoms with Crippen molar-refractivity contribution in [2.24, 2.45) is 4.99 Å². The van der Waals surface area contributed by atoms with Gasteiger partial charge in [-0.15, -0.1) is 0 Å². The summed E-state index contributed by atoms with van der Waals surface area (Å²) in [6, 6.07) is 3.71. The van der Waals surface area contributed by atoms with E-state index in [1.165, 1.54) is 0 Å². The Bertz CT molecular complexity index is 427. The summed E-state index contributed by atoms with van der Waals surface area (Å²) in [4.78, 5) is 6.71. The quantitative estimate of drug-likeness (QED) is 0.729. The molecule has 1 aromatic rings. The minimum absolute atomic E-state index is 0.560. The number of rotatable bonds is 1. The van der Waals surface area contributed by atoms with Gasteiger partial charge in [0.1, 0.15) is 0 Å². The third-order valence-electron chi connectivity index (χ3n) is 2.47. The van der Waals surface area contributed by atoms with Gasteiger partial charge in [-0.1, -0.05) is 23.2 Å². The summed E-state index contributed by atoms with van der Waals surface area (Å²) in [5.41, 5.74) is 3.08. The molecule has 1 aliphatic heterocycles. The highest BCUT2D eigenvalue weighted by Gasteiger charge is 2.17. The molecule has 2 nitrogen and oxygen atoms in total. The third kappa shape index (κ3) is 1.97. The molecule has 80 valence electrons. The number of anilines is 1. The Hall–Kier alpha value is -0.730. The molecular formula is C11H12Cl2N2. The Labute approximate surface area is 99.5 Å². The van der Waals surface area contributed by atoms with Crippen LogP contribution in [-0.2, 0) is 0 Å². The molecule has 0 spiro atoms. The van der Waals surface area contributed by atoms with Gasteiger partial charge in [0.05, 0.1) is 28.0 Å². The number of nitrogens with zero attached hydrogens (tertiary/aromatic N) is 2. The second-order valence-corrected chi connectivity index (χ2v) is 4.43. The van der Waals surface area contributed by atoms with Crippen LogP contribution in [0.1, 0.15) is 13.8 Å². The summed E-state index contributed by atoms with van der Waals surface area (Å²) in [6.45, 7) is 5.94. The predicted octanol–water partition coefficient (Wildman–Crippen LogP) is 3.93. The number of benzene rings is 1. The summed E-state index contributed by atoms with van der Waals surface area (Å²) in [7, 11) is 0. The first kappa shape index (κ1) is 10.8. The lowest BCUT2D eigenvalue weighted by Gasteiger charge is -2.28. The van der Waals surface area contributed by atoms with Crippen LogP contribution in [0.25, 0.3) is 0 Å². The lowest BCUT2D eigenvalue weighted by atomic mass is 10.2. The van der Waals surface area contributed by atoms with Gasteiger partial charge in [0.2, 0.25) is 0 Å². The number of aliphatic imine (C=N–C) groups is 1. The lowest BCUT2D eigenvalue weighted by molar-refractivity contribution is 0.910. The van der Waals surface area contributed by atoms with Crippen molar-refractivity contribution >= 4 is 40.3 Å². The predicted molar refractivity (Wildman–Crippen MR) is 67.1 cm³/mol. The van der Waals surface area contributed by atoms with Crippen molar-refractivity contribution in [1.82, 2.24) is 0 Å². The van der Waals surface area contributed by atoms with Gasteiger partial charge in [-0.25, -0.2) is 0 Å². The van der Waals surface area contributed by atoms with E-state index in [0.29, 0.717) is 10.0 Å². The zero-order valence-electron chi connectivity index (χ0n) is 8.72. The molecule has 0 amide bonds. The molecule has 0 aromatic heterocycles. The first-order valence-electron chi connectivity index (χ1n) is 4.90. The van der Waals surface area contributed by atoms with E-state index < -0.39 is 0 Å². The van der Waals surface area contributed by atoms with Gasteiger partial charge in [-0.05, 0) is 26.0 Å². The zero-order chi connectivity index (χ0) is 11.0. The Balaban J connectivity index is 2.57. The Morgan fingerprint density at radius 2 is 2.00 bits per heavy atom. The van der Waals surface area contributed by atoms with E-state index in [4.69, 9.17) is 23.2 Å². The van der Waals surface area contributed by atoms with Crippen molar-refractivity contribution in [1.29, 1.82) is 0 Å². The molecule has 0 unspecified atom stereocenters. The Morgan fingerprint density at radius 1 is 1.33 bits per heavy atom. The van der Waals surface area contributed by atoms with Crippen molar-refractivity contribution in [2.45, 2.75) is 13.8 Å². The van der Waals surface area contributed by atoms with Gasteiger partial charge >= 0.3 is 0 Å². The molecule has 15 heavy (non-hydrogen) atoms. The largest absolute Gasteiger partial charge is 0.364 e. The van der Waals surface area contributed by atoms with Gasteiger partial charge in [0.25, 0.3) is 0 Å². The molecule has 0 N–H and O–H groups in total. The molecule has 0 fully saturated rings. The molecule has 0 aliphatic carbocycles. The fourth-order valence-corrected chi connectivity index (χ4v) is 2.07. The second kappa shape index (κ2) is 4.03. The summed E-state index contributed by atoms with van der Waals surface area (Å²) in [5.74, 6) is 0. The topological polar surface area (TPSA) is 15.6 Å². The maximum atomic E-state index is 6.00. The summed E-state index contributed by atoms with van der Waals surface area (Å²) < 4.78 is 0.